The van der Waals surface area contributed by atoms with E-state index in [1.807, 2.05) is 25.1 Å². The number of aryl methyl sites for hydroxylation is 1. The van der Waals surface area contributed by atoms with Crippen LogP contribution in [-0.2, 0) is 17.8 Å². The summed E-state index contributed by atoms with van der Waals surface area (Å²) in [7, 11) is 0. The number of urea groups is 1. The summed E-state index contributed by atoms with van der Waals surface area (Å²) in [6.45, 7) is 2.88. The van der Waals surface area contributed by atoms with Gasteiger partial charge in [-0.25, -0.2) is 9.78 Å². The van der Waals surface area contributed by atoms with E-state index in [0.29, 0.717) is 23.2 Å². The lowest BCUT2D eigenvalue weighted by atomic mass is 10.0. The number of amides is 3. The zero-order valence-electron chi connectivity index (χ0n) is 14.6. The number of carbonyl (C=O) groups excluding carboxylic acids is 2. The molecule has 0 bridgehead atoms. The van der Waals surface area contributed by atoms with Gasteiger partial charge in [0, 0.05) is 39.2 Å². The Morgan fingerprint density at radius 2 is 2.26 bits per heavy atom. The second-order valence-electron chi connectivity index (χ2n) is 6.43. The first-order valence-corrected chi connectivity index (χ1v) is 9.73. The van der Waals surface area contributed by atoms with Crippen LogP contribution in [0.3, 0.4) is 0 Å². The van der Waals surface area contributed by atoms with E-state index >= 15 is 0 Å². The number of nitrogens with one attached hydrogen (secondary N) is 3. The van der Waals surface area contributed by atoms with E-state index in [9.17, 15) is 9.59 Å². The number of fused-ring (bicyclic) bond motifs is 3. The van der Waals surface area contributed by atoms with Crippen molar-refractivity contribution in [3.8, 4) is 0 Å². The molecule has 9 heteroatoms. The van der Waals surface area contributed by atoms with E-state index in [1.165, 1.54) is 16.9 Å². The molecule has 27 heavy (non-hydrogen) atoms. The number of aromatic nitrogens is 2. The zero-order valence-corrected chi connectivity index (χ0v) is 16.2. The number of aromatic amines is 1. The van der Waals surface area contributed by atoms with E-state index in [1.54, 1.807) is 11.1 Å². The van der Waals surface area contributed by atoms with Gasteiger partial charge in [-0.2, -0.15) is 0 Å². The number of hydrogen-bond acceptors (Lipinski definition) is 4. The monoisotopic (exact) mass is 403 g/mol. The first kappa shape index (κ1) is 17.8. The predicted octanol–water partition coefficient (Wildman–Crippen LogP) is 3.29. The van der Waals surface area contributed by atoms with Crippen molar-refractivity contribution in [2.45, 2.75) is 19.9 Å². The van der Waals surface area contributed by atoms with Crippen LogP contribution >= 0.6 is 22.9 Å². The van der Waals surface area contributed by atoms with Gasteiger partial charge in [0.05, 0.1) is 13.1 Å². The normalized spacial score (nSPS) is 13.5. The molecule has 0 spiro atoms. The van der Waals surface area contributed by atoms with Crippen LogP contribution in [0.15, 0.2) is 24.4 Å². The maximum absolute atomic E-state index is 12.4. The maximum Gasteiger partial charge on any atom is 0.318 e. The van der Waals surface area contributed by atoms with Crippen molar-refractivity contribution in [2.24, 2.45) is 0 Å². The molecule has 1 aliphatic heterocycles. The van der Waals surface area contributed by atoms with E-state index in [4.69, 9.17) is 11.6 Å². The van der Waals surface area contributed by atoms with Gasteiger partial charge in [0.15, 0.2) is 5.13 Å². The molecule has 3 heterocycles. The molecular formula is C18H18ClN5O2S. The molecule has 1 aromatic carbocycles. The molecule has 0 radical (unpaired) electrons. The lowest BCUT2D eigenvalue weighted by Crippen LogP contribution is -2.45. The summed E-state index contributed by atoms with van der Waals surface area (Å²) in [6, 6.07) is 5.49. The minimum absolute atomic E-state index is 0.0941. The number of hydrogen-bond donors (Lipinski definition) is 3. The Hall–Kier alpha value is -2.58. The zero-order chi connectivity index (χ0) is 19.0. The van der Waals surface area contributed by atoms with E-state index < -0.39 is 0 Å². The number of thiazole rings is 1. The van der Waals surface area contributed by atoms with Gasteiger partial charge in [0.25, 0.3) is 0 Å². The van der Waals surface area contributed by atoms with E-state index in [2.05, 4.69) is 20.6 Å². The van der Waals surface area contributed by atoms with Crippen molar-refractivity contribution in [1.29, 1.82) is 0 Å². The minimum atomic E-state index is -0.296. The third-order valence-electron chi connectivity index (χ3n) is 4.49. The number of halogens is 1. The van der Waals surface area contributed by atoms with Crippen LogP contribution < -0.4 is 10.6 Å². The molecule has 3 aromatic rings. The number of H-pyrrole nitrogens is 1. The predicted molar refractivity (Wildman–Crippen MR) is 106 cm³/mol. The highest BCUT2D eigenvalue weighted by atomic mass is 35.5. The molecule has 4 rings (SSSR count). The molecular weight excluding hydrogens is 386 g/mol. The molecule has 1 aliphatic rings. The summed E-state index contributed by atoms with van der Waals surface area (Å²) < 4.78 is 0. The summed E-state index contributed by atoms with van der Waals surface area (Å²) in [6.07, 6.45) is 2.44. The third-order valence-corrected chi connectivity index (χ3v) is 5.56. The number of carbonyl (C=O) groups is 2. The van der Waals surface area contributed by atoms with Gasteiger partial charge in [-0.3, -0.25) is 4.79 Å². The SMILES string of the molecule is Cc1cnc(NC(=O)CNC(=O)N2CCc3c([nH]c4ccc(Cl)cc34)C2)s1. The quantitative estimate of drug-likeness (QED) is 0.626. The molecule has 0 aliphatic carbocycles. The topological polar surface area (TPSA) is 90.1 Å². The van der Waals surface area contributed by atoms with Crippen molar-refractivity contribution >= 4 is 50.9 Å². The van der Waals surface area contributed by atoms with Crippen LogP contribution in [0.25, 0.3) is 10.9 Å². The van der Waals surface area contributed by atoms with Crippen molar-refractivity contribution in [3.63, 3.8) is 0 Å². The second kappa shape index (κ2) is 7.21. The van der Waals surface area contributed by atoms with Crippen LogP contribution in [0.2, 0.25) is 5.02 Å². The standard InChI is InChI=1S/C18H18ClN5O2S/c1-10-7-20-17(27-10)23-16(25)8-21-18(26)24-5-4-12-13-6-11(19)2-3-14(13)22-15(12)9-24/h2-3,6-7,22H,4-5,8-9H2,1H3,(H,21,26)(H,20,23,25). The smallest absolute Gasteiger partial charge is 0.318 e. The molecule has 7 nitrogen and oxygen atoms in total. The van der Waals surface area contributed by atoms with Gasteiger partial charge in [-0.05, 0) is 37.1 Å². The number of nitrogens with zero attached hydrogens (tertiary/aromatic N) is 2. The summed E-state index contributed by atoms with van der Waals surface area (Å²) in [5, 5.41) is 7.69. The van der Waals surface area contributed by atoms with Crippen molar-refractivity contribution in [2.75, 3.05) is 18.4 Å². The highest BCUT2D eigenvalue weighted by Crippen LogP contribution is 2.29. The molecule has 140 valence electrons. The van der Waals surface area contributed by atoms with Crippen LogP contribution in [-0.4, -0.2) is 39.9 Å². The summed E-state index contributed by atoms with van der Waals surface area (Å²) >= 11 is 7.49. The average Bonchev–Trinajstić information content (AvgIpc) is 3.21. The second-order valence-corrected chi connectivity index (χ2v) is 8.10. The van der Waals surface area contributed by atoms with Crippen LogP contribution in [0, 0.1) is 6.92 Å². The Labute approximate surface area is 164 Å². The maximum atomic E-state index is 12.4. The Balaban J connectivity index is 1.36. The molecule has 0 saturated heterocycles. The fraction of sp³-hybridized carbons (Fsp3) is 0.278. The molecule has 0 atom stereocenters. The van der Waals surface area contributed by atoms with Crippen LogP contribution in [0.1, 0.15) is 16.1 Å². The Bertz CT molecular complexity index is 1030. The molecule has 3 amide bonds. The lowest BCUT2D eigenvalue weighted by Gasteiger charge is -2.27. The van der Waals surface area contributed by atoms with Gasteiger partial charge in [-0.1, -0.05) is 11.6 Å². The lowest BCUT2D eigenvalue weighted by molar-refractivity contribution is -0.115. The summed E-state index contributed by atoms with van der Waals surface area (Å²) in [5.41, 5.74) is 3.23. The van der Waals surface area contributed by atoms with E-state index in [0.717, 1.165) is 27.9 Å². The van der Waals surface area contributed by atoms with Crippen LogP contribution in [0.5, 0.6) is 0 Å². The fourth-order valence-corrected chi connectivity index (χ4v) is 4.08. The molecule has 0 unspecified atom stereocenters. The largest absolute Gasteiger partial charge is 0.357 e. The molecule has 0 fully saturated rings. The van der Waals surface area contributed by atoms with Crippen LogP contribution in [0.4, 0.5) is 9.93 Å². The number of rotatable bonds is 3. The minimum Gasteiger partial charge on any atom is -0.357 e. The number of anilines is 1. The Morgan fingerprint density at radius 3 is 3.04 bits per heavy atom. The van der Waals surface area contributed by atoms with Gasteiger partial charge < -0.3 is 20.5 Å². The van der Waals surface area contributed by atoms with Gasteiger partial charge >= 0.3 is 6.03 Å². The van der Waals surface area contributed by atoms with Gasteiger partial charge in [-0.15, -0.1) is 11.3 Å². The first-order valence-electron chi connectivity index (χ1n) is 8.53. The molecule has 3 N–H and O–H groups in total. The first-order chi connectivity index (χ1) is 13.0. The van der Waals surface area contributed by atoms with Crippen molar-refractivity contribution < 1.29 is 9.59 Å². The number of benzene rings is 1. The Morgan fingerprint density at radius 1 is 1.41 bits per heavy atom. The van der Waals surface area contributed by atoms with E-state index in [-0.39, 0.29) is 18.5 Å². The summed E-state index contributed by atoms with van der Waals surface area (Å²) in [5.74, 6) is -0.296. The fourth-order valence-electron chi connectivity index (χ4n) is 3.23. The highest BCUT2D eigenvalue weighted by Gasteiger charge is 2.24. The highest BCUT2D eigenvalue weighted by molar-refractivity contribution is 7.15. The third kappa shape index (κ3) is 3.77. The summed E-state index contributed by atoms with van der Waals surface area (Å²) in [4.78, 5) is 34.5. The van der Waals surface area contributed by atoms with Crippen molar-refractivity contribution in [1.82, 2.24) is 20.2 Å². The molecule has 0 saturated carbocycles. The van der Waals surface area contributed by atoms with Gasteiger partial charge in [0.1, 0.15) is 0 Å². The Kier molecular flexibility index (Phi) is 4.75. The van der Waals surface area contributed by atoms with Gasteiger partial charge in [0.2, 0.25) is 5.91 Å². The molecule has 2 aromatic heterocycles. The average molecular weight is 404 g/mol. The van der Waals surface area contributed by atoms with Crippen molar-refractivity contribution in [3.05, 3.63) is 45.6 Å².